The second kappa shape index (κ2) is 6.70. The molecular formula is C14H19N3O3S. The Labute approximate surface area is 125 Å². The number of carbonyl (C=O) groups is 1. The van der Waals surface area contributed by atoms with Gasteiger partial charge in [0.25, 0.3) is 0 Å². The predicted molar refractivity (Wildman–Crippen MR) is 79.0 cm³/mol. The van der Waals surface area contributed by atoms with Gasteiger partial charge < -0.3 is 5.32 Å². The van der Waals surface area contributed by atoms with Gasteiger partial charge in [0.2, 0.25) is 15.9 Å². The van der Waals surface area contributed by atoms with E-state index >= 15 is 0 Å². The molecule has 1 atom stereocenters. The maximum Gasteiger partial charge on any atom is 0.241 e. The zero-order valence-corrected chi connectivity index (χ0v) is 13.3. The van der Waals surface area contributed by atoms with Crippen molar-refractivity contribution in [2.24, 2.45) is 0 Å². The van der Waals surface area contributed by atoms with Gasteiger partial charge in [-0.15, -0.1) is 0 Å². The van der Waals surface area contributed by atoms with E-state index in [4.69, 9.17) is 5.26 Å². The van der Waals surface area contributed by atoms with Gasteiger partial charge in [-0.05, 0) is 45.4 Å². The summed E-state index contributed by atoms with van der Waals surface area (Å²) in [5.74, 6) is -0.400. The van der Waals surface area contributed by atoms with Crippen molar-refractivity contribution in [1.82, 2.24) is 10.0 Å². The van der Waals surface area contributed by atoms with Crippen molar-refractivity contribution in [3.8, 4) is 6.07 Å². The van der Waals surface area contributed by atoms with Gasteiger partial charge in [0.15, 0.2) is 0 Å². The van der Waals surface area contributed by atoms with Crippen LogP contribution in [0.3, 0.4) is 0 Å². The highest BCUT2D eigenvalue weighted by atomic mass is 32.2. The lowest BCUT2D eigenvalue weighted by atomic mass is 10.2. The minimum Gasteiger partial charge on any atom is -0.353 e. The highest BCUT2D eigenvalue weighted by Gasteiger charge is 2.24. The van der Waals surface area contributed by atoms with Crippen molar-refractivity contribution < 1.29 is 13.2 Å². The van der Waals surface area contributed by atoms with Crippen molar-refractivity contribution in [2.45, 2.75) is 44.7 Å². The first-order valence-electron chi connectivity index (χ1n) is 6.51. The minimum atomic E-state index is -3.87. The number of amides is 1. The van der Waals surface area contributed by atoms with E-state index in [1.807, 2.05) is 6.07 Å². The number of hydrogen-bond acceptors (Lipinski definition) is 4. The Hall–Kier alpha value is -1.91. The summed E-state index contributed by atoms with van der Waals surface area (Å²) in [6.07, 6.45) is 0. The zero-order chi connectivity index (χ0) is 16.2. The summed E-state index contributed by atoms with van der Waals surface area (Å²) in [5.41, 5.74) is 0.762. The molecule has 114 valence electrons. The third kappa shape index (κ3) is 4.55. The molecule has 0 aliphatic carbocycles. The number of sulfonamides is 1. The average molecular weight is 309 g/mol. The van der Waals surface area contributed by atoms with E-state index in [0.717, 1.165) is 0 Å². The predicted octanol–water partition coefficient (Wildman–Crippen LogP) is 1.06. The fraction of sp³-hybridized carbons (Fsp3) is 0.429. The largest absolute Gasteiger partial charge is 0.353 e. The Morgan fingerprint density at radius 1 is 1.29 bits per heavy atom. The zero-order valence-electron chi connectivity index (χ0n) is 12.5. The topological polar surface area (TPSA) is 99.1 Å². The molecule has 1 aromatic carbocycles. The van der Waals surface area contributed by atoms with Gasteiger partial charge in [0, 0.05) is 6.04 Å². The van der Waals surface area contributed by atoms with Crippen LogP contribution in [0.15, 0.2) is 23.1 Å². The Morgan fingerprint density at radius 3 is 2.43 bits per heavy atom. The van der Waals surface area contributed by atoms with Crippen molar-refractivity contribution in [1.29, 1.82) is 5.26 Å². The first-order chi connectivity index (χ1) is 9.67. The number of aryl methyl sites for hydroxylation is 1. The van der Waals surface area contributed by atoms with Gasteiger partial charge in [-0.25, -0.2) is 8.42 Å². The third-order valence-electron chi connectivity index (χ3n) is 2.76. The molecule has 0 saturated heterocycles. The molecule has 7 heteroatoms. The monoisotopic (exact) mass is 309 g/mol. The Morgan fingerprint density at radius 2 is 1.90 bits per heavy atom. The standard InChI is InChI=1S/C14H19N3O3S/c1-9(2)16-14(18)11(4)17-21(19,20)13-7-12(8-15)6-5-10(13)3/h5-7,9,11,17H,1-4H3,(H,16,18). The van der Waals surface area contributed by atoms with Gasteiger partial charge in [-0.3, -0.25) is 4.79 Å². The average Bonchev–Trinajstić information content (AvgIpc) is 2.37. The maximum absolute atomic E-state index is 12.3. The third-order valence-corrected chi connectivity index (χ3v) is 4.45. The number of benzene rings is 1. The number of nitrogens with one attached hydrogen (secondary N) is 2. The summed E-state index contributed by atoms with van der Waals surface area (Å²) in [6.45, 7) is 6.69. The van der Waals surface area contributed by atoms with E-state index < -0.39 is 22.0 Å². The van der Waals surface area contributed by atoms with E-state index in [9.17, 15) is 13.2 Å². The summed E-state index contributed by atoms with van der Waals surface area (Å²) < 4.78 is 27.0. The van der Waals surface area contributed by atoms with Crippen LogP contribution in [0.25, 0.3) is 0 Å². The summed E-state index contributed by atoms with van der Waals surface area (Å²) >= 11 is 0. The summed E-state index contributed by atoms with van der Waals surface area (Å²) in [5, 5.41) is 11.5. The number of nitrogens with zero attached hydrogens (tertiary/aromatic N) is 1. The van der Waals surface area contributed by atoms with Crippen LogP contribution in [-0.4, -0.2) is 26.4 Å². The second-order valence-corrected chi connectivity index (χ2v) is 6.78. The van der Waals surface area contributed by atoms with Crippen LogP contribution >= 0.6 is 0 Å². The lowest BCUT2D eigenvalue weighted by Gasteiger charge is -2.17. The molecule has 1 amide bonds. The first-order valence-corrected chi connectivity index (χ1v) is 7.99. The molecule has 0 aliphatic rings. The van der Waals surface area contributed by atoms with Gasteiger partial charge in [-0.2, -0.15) is 9.98 Å². The molecule has 1 rings (SSSR count). The lowest BCUT2D eigenvalue weighted by Crippen LogP contribution is -2.46. The molecule has 0 aromatic heterocycles. The molecular weight excluding hydrogens is 290 g/mol. The molecule has 0 spiro atoms. The van der Waals surface area contributed by atoms with Crippen molar-refractivity contribution in [3.05, 3.63) is 29.3 Å². The molecule has 0 fully saturated rings. The number of hydrogen-bond donors (Lipinski definition) is 2. The van der Waals surface area contributed by atoms with Crippen LogP contribution in [0.5, 0.6) is 0 Å². The van der Waals surface area contributed by atoms with E-state index in [2.05, 4.69) is 10.0 Å². The number of rotatable bonds is 5. The quantitative estimate of drug-likeness (QED) is 0.849. The normalized spacial score (nSPS) is 12.8. The van der Waals surface area contributed by atoms with E-state index in [1.54, 1.807) is 32.9 Å². The minimum absolute atomic E-state index is 0.00532. The van der Waals surface area contributed by atoms with Crippen LogP contribution in [0.1, 0.15) is 31.9 Å². The van der Waals surface area contributed by atoms with Crippen molar-refractivity contribution >= 4 is 15.9 Å². The Bertz CT molecular complexity index is 675. The van der Waals surface area contributed by atoms with Gasteiger partial charge in [0.05, 0.1) is 22.6 Å². The smallest absolute Gasteiger partial charge is 0.241 e. The molecule has 2 N–H and O–H groups in total. The highest BCUT2D eigenvalue weighted by Crippen LogP contribution is 2.17. The fourth-order valence-electron chi connectivity index (χ4n) is 1.72. The summed E-state index contributed by atoms with van der Waals surface area (Å²) in [4.78, 5) is 11.8. The van der Waals surface area contributed by atoms with E-state index in [0.29, 0.717) is 5.56 Å². The fourth-order valence-corrected chi connectivity index (χ4v) is 3.19. The second-order valence-electron chi connectivity index (χ2n) is 5.10. The molecule has 6 nitrogen and oxygen atoms in total. The Balaban J connectivity index is 3.02. The molecule has 1 unspecified atom stereocenters. The molecule has 0 bridgehead atoms. The first kappa shape index (κ1) is 17.1. The molecule has 21 heavy (non-hydrogen) atoms. The van der Waals surface area contributed by atoms with Gasteiger partial charge in [-0.1, -0.05) is 6.07 Å². The highest BCUT2D eigenvalue weighted by molar-refractivity contribution is 7.89. The SMILES string of the molecule is Cc1ccc(C#N)cc1S(=O)(=O)NC(C)C(=O)NC(C)C. The number of nitriles is 1. The van der Waals surface area contributed by atoms with Crippen molar-refractivity contribution in [2.75, 3.05) is 0 Å². The van der Waals surface area contributed by atoms with Crippen LogP contribution in [0, 0.1) is 18.3 Å². The van der Waals surface area contributed by atoms with Gasteiger partial charge >= 0.3 is 0 Å². The van der Waals surface area contributed by atoms with Crippen LogP contribution in [0.2, 0.25) is 0 Å². The summed E-state index contributed by atoms with van der Waals surface area (Å²) in [7, 11) is -3.87. The van der Waals surface area contributed by atoms with Crippen molar-refractivity contribution in [3.63, 3.8) is 0 Å². The number of carbonyl (C=O) groups excluding carboxylic acids is 1. The Kier molecular flexibility index (Phi) is 5.47. The molecule has 0 aliphatic heterocycles. The molecule has 0 heterocycles. The van der Waals surface area contributed by atoms with Gasteiger partial charge in [0.1, 0.15) is 0 Å². The van der Waals surface area contributed by atoms with Crippen LogP contribution in [-0.2, 0) is 14.8 Å². The van der Waals surface area contributed by atoms with Crippen LogP contribution in [0.4, 0.5) is 0 Å². The molecule has 1 aromatic rings. The lowest BCUT2D eigenvalue weighted by molar-refractivity contribution is -0.122. The summed E-state index contributed by atoms with van der Waals surface area (Å²) in [6, 6.07) is 5.32. The van der Waals surface area contributed by atoms with E-state index in [-0.39, 0.29) is 16.5 Å². The molecule has 0 radical (unpaired) electrons. The molecule has 0 saturated carbocycles. The van der Waals surface area contributed by atoms with Crippen LogP contribution < -0.4 is 10.0 Å². The van der Waals surface area contributed by atoms with E-state index in [1.165, 1.54) is 13.0 Å². The maximum atomic E-state index is 12.3.